The van der Waals surface area contributed by atoms with Crippen LogP contribution in [-0.2, 0) is 4.79 Å². The van der Waals surface area contributed by atoms with Gasteiger partial charge in [0.25, 0.3) is 11.8 Å². The molecule has 0 aliphatic heterocycles. The Hall–Kier alpha value is -3.80. The number of carbonyl (C=O) groups excluding carboxylic acids is 2. The molecule has 2 amide bonds. The highest BCUT2D eigenvalue weighted by Gasteiger charge is 2.17. The number of rotatable bonds is 8. The van der Waals surface area contributed by atoms with Gasteiger partial charge in [-0.2, -0.15) is 0 Å². The zero-order chi connectivity index (χ0) is 22.2. The second-order valence-corrected chi connectivity index (χ2v) is 7.33. The van der Waals surface area contributed by atoms with Crippen LogP contribution in [0.1, 0.15) is 34.2 Å². The zero-order valence-electron chi connectivity index (χ0n) is 17.8. The van der Waals surface area contributed by atoms with E-state index in [1.165, 1.54) is 17.9 Å². The van der Waals surface area contributed by atoms with E-state index in [0.717, 1.165) is 11.3 Å². The highest BCUT2D eigenvalue weighted by atomic mass is 16.5. The van der Waals surface area contributed by atoms with Crippen molar-refractivity contribution in [2.45, 2.75) is 26.8 Å². The highest BCUT2D eigenvalue weighted by Crippen LogP contribution is 2.16. The van der Waals surface area contributed by atoms with Gasteiger partial charge in [-0.25, -0.2) is 0 Å². The predicted molar refractivity (Wildman–Crippen MR) is 120 cm³/mol. The summed E-state index contributed by atoms with van der Waals surface area (Å²) in [6, 6.07) is 17.7. The van der Waals surface area contributed by atoms with Gasteiger partial charge >= 0.3 is 0 Å². The molecule has 2 N–H and O–H groups in total. The molecule has 3 aromatic rings. The number of hydrogen-bond donors (Lipinski definition) is 2. The molecule has 0 fully saturated rings. The molecule has 1 aromatic heterocycles. The molecule has 1 atom stereocenters. The first kappa shape index (κ1) is 21.9. The number of aryl methyl sites for hydroxylation is 2. The van der Waals surface area contributed by atoms with Crippen LogP contribution < -0.4 is 15.4 Å². The fraction of sp³-hybridized carbons (Fsp3) is 0.200. The molecular formula is C25H26N2O4. The van der Waals surface area contributed by atoms with Crippen LogP contribution in [0, 0.1) is 13.8 Å². The van der Waals surface area contributed by atoms with Crippen LogP contribution in [-0.4, -0.2) is 24.5 Å². The second-order valence-electron chi connectivity index (χ2n) is 7.33. The Kier molecular flexibility index (Phi) is 7.27. The number of benzene rings is 2. The number of amides is 2. The van der Waals surface area contributed by atoms with Crippen LogP contribution >= 0.6 is 0 Å². The molecule has 160 valence electrons. The molecule has 0 spiro atoms. The SMILES string of the molecule is Cc1ccc(OCC(C)NC(=O)/C(=C/c2ccco2)NC(=O)c2ccccc2)cc1C. The quantitative estimate of drug-likeness (QED) is 0.536. The highest BCUT2D eigenvalue weighted by molar-refractivity contribution is 6.05. The molecule has 0 aliphatic rings. The van der Waals surface area contributed by atoms with Crippen LogP contribution in [0.3, 0.4) is 0 Å². The summed E-state index contributed by atoms with van der Waals surface area (Å²) < 4.78 is 11.1. The van der Waals surface area contributed by atoms with Gasteiger partial charge in [-0.1, -0.05) is 24.3 Å². The Morgan fingerprint density at radius 1 is 1.03 bits per heavy atom. The average molecular weight is 418 g/mol. The summed E-state index contributed by atoms with van der Waals surface area (Å²) in [5.74, 6) is 0.384. The lowest BCUT2D eigenvalue weighted by Gasteiger charge is -2.17. The first-order chi connectivity index (χ1) is 14.9. The Balaban J connectivity index is 1.66. The van der Waals surface area contributed by atoms with E-state index >= 15 is 0 Å². The molecule has 1 heterocycles. The standard InChI is InChI=1S/C25H26N2O4/c1-17-11-12-22(14-18(17)2)31-16-19(3)26-25(29)23(15-21-10-7-13-30-21)27-24(28)20-8-5-4-6-9-20/h4-15,19H,16H2,1-3H3,(H,26,29)(H,27,28)/b23-15-. The van der Waals surface area contributed by atoms with E-state index in [2.05, 4.69) is 10.6 Å². The van der Waals surface area contributed by atoms with Crippen LogP contribution in [0.5, 0.6) is 5.75 Å². The van der Waals surface area contributed by atoms with E-state index in [-0.39, 0.29) is 24.3 Å². The Morgan fingerprint density at radius 3 is 2.48 bits per heavy atom. The number of carbonyl (C=O) groups is 2. The topological polar surface area (TPSA) is 80.6 Å². The van der Waals surface area contributed by atoms with Gasteiger partial charge in [0.1, 0.15) is 23.8 Å². The van der Waals surface area contributed by atoms with Crippen molar-refractivity contribution in [2.24, 2.45) is 0 Å². The largest absolute Gasteiger partial charge is 0.491 e. The lowest BCUT2D eigenvalue weighted by atomic mass is 10.1. The van der Waals surface area contributed by atoms with E-state index < -0.39 is 5.91 Å². The maximum absolute atomic E-state index is 12.9. The lowest BCUT2D eigenvalue weighted by Crippen LogP contribution is -2.41. The molecule has 0 saturated heterocycles. The number of nitrogens with one attached hydrogen (secondary N) is 2. The maximum Gasteiger partial charge on any atom is 0.268 e. The maximum atomic E-state index is 12.9. The second kappa shape index (κ2) is 10.3. The Morgan fingerprint density at radius 2 is 1.81 bits per heavy atom. The van der Waals surface area contributed by atoms with Gasteiger partial charge in [-0.05, 0) is 68.3 Å². The van der Waals surface area contributed by atoms with Crippen molar-refractivity contribution < 1.29 is 18.7 Å². The van der Waals surface area contributed by atoms with Crippen molar-refractivity contribution >= 4 is 17.9 Å². The van der Waals surface area contributed by atoms with Crippen molar-refractivity contribution in [1.82, 2.24) is 10.6 Å². The fourth-order valence-electron chi connectivity index (χ4n) is 2.83. The molecule has 3 rings (SSSR count). The minimum Gasteiger partial charge on any atom is -0.491 e. The molecule has 1 unspecified atom stereocenters. The smallest absolute Gasteiger partial charge is 0.268 e. The van der Waals surface area contributed by atoms with Gasteiger partial charge in [0.2, 0.25) is 0 Å². The molecular weight excluding hydrogens is 392 g/mol. The van der Waals surface area contributed by atoms with Gasteiger partial charge in [0, 0.05) is 11.6 Å². The molecule has 31 heavy (non-hydrogen) atoms. The van der Waals surface area contributed by atoms with Crippen LogP contribution in [0.25, 0.3) is 6.08 Å². The summed E-state index contributed by atoms with van der Waals surface area (Å²) >= 11 is 0. The van der Waals surface area contributed by atoms with Crippen LogP contribution in [0.15, 0.2) is 77.0 Å². The third kappa shape index (κ3) is 6.34. The van der Waals surface area contributed by atoms with Crippen molar-refractivity contribution in [1.29, 1.82) is 0 Å². The summed E-state index contributed by atoms with van der Waals surface area (Å²) in [4.78, 5) is 25.4. The normalized spacial score (nSPS) is 12.2. The van der Waals surface area contributed by atoms with E-state index in [9.17, 15) is 9.59 Å². The minimum absolute atomic E-state index is 0.0850. The van der Waals surface area contributed by atoms with Crippen molar-refractivity contribution in [2.75, 3.05) is 6.61 Å². The first-order valence-corrected chi connectivity index (χ1v) is 10.0. The van der Waals surface area contributed by atoms with Gasteiger partial charge in [0.05, 0.1) is 12.3 Å². The minimum atomic E-state index is -0.433. The molecule has 2 aromatic carbocycles. The summed E-state index contributed by atoms with van der Waals surface area (Å²) in [5.41, 5.74) is 2.87. The molecule has 0 bridgehead atoms. The van der Waals surface area contributed by atoms with Crippen molar-refractivity contribution in [3.63, 3.8) is 0 Å². The van der Waals surface area contributed by atoms with Crippen molar-refractivity contribution in [3.8, 4) is 5.75 Å². The molecule has 6 heteroatoms. The lowest BCUT2D eigenvalue weighted by molar-refractivity contribution is -0.118. The third-order valence-electron chi connectivity index (χ3n) is 4.71. The number of ether oxygens (including phenoxy) is 1. The van der Waals surface area contributed by atoms with Gasteiger partial charge in [-0.15, -0.1) is 0 Å². The average Bonchev–Trinajstić information content (AvgIpc) is 3.28. The first-order valence-electron chi connectivity index (χ1n) is 10.0. The zero-order valence-corrected chi connectivity index (χ0v) is 17.8. The predicted octanol–water partition coefficient (Wildman–Crippen LogP) is 4.25. The van der Waals surface area contributed by atoms with Crippen LogP contribution in [0.4, 0.5) is 0 Å². The van der Waals surface area contributed by atoms with E-state index in [1.807, 2.05) is 45.0 Å². The Bertz CT molecular complexity index is 1060. The monoisotopic (exact) mass is 418 g/mol. The van der Waals surface area contributed by atoms with Crippen molar-refractivity contribution in [3.05, 3.63) is 95.1 Å². The van der Waals surface area contributed by atoms with Crippen LogP contribution in [0.2, 0.25) is 0 Å². The molecule has 0 radical (unpaired) electrons. The summed E-state index contributed by atoms with van der Waals surface area (Å²) in [6.45, 7) is 6.19. The Labute approximate surface area is 181 Å². The molecule has 0 aliphatic carbocycles. The number of furan rings is 1. The molecule has 6 nitrogen and oxygen atoms in total. The fourth-order valence-corrected chi connectivity index (χ4v) is 2.83. The third-order valence-corrected chi connectivity index (χ3v) is 4.71. The molecule has 0 saturated carbocycles. The van der Waals surface area contributed by atoms with E-state index in [1.54, 1.807) is 36.4 Å². The summed E-state index contributed by atoms with van der Waals surface area (Å²) in [6.07, 6.45) is 2.99. The van der Waals surface area contributed by atoms with Gasteiger partial charge in [0.15, 0.2) is 0 Å². The van der Waals surface area contributed by atoms with Gasteiger partial charge < -0.3 is 19.8 Å². The van der Waals surface area contributed by atoms with E-state index in [4.69, 9.17) is 9.15 Å². The summed E-state index contributed by atoms with van der Waals surface area (Å²) in [5, 5.41) is 5.53. The number of hydrogen-bond acceptors (Lipinski definition) is 4. The van der Waals surface area contributed by atoms with E-state index in [0.29, 0.717) is 11.3 Å². The van der Waals surface area contributed by atoms with Gasteiger partial charge in [-0.3, -0.25) is 9.59 Å². The summed E-state index contributed by atoms with van der Waals surface area (Å²) in [7, 11) is 0.